The van der Waals surface area contributed by atoms with Crippen LogP contribution in [0.3, 0.4) is 0 Å². The Balaban J connectivity index is 1.56. The Bertz CT molecular complexity index is 1410. The van der Waals surface area contributed by atoms with E-state index in [1.165, 1.54) is 13.2 Å². The average molecular weight is 556 g/mol. The molecule has 40 heavy (non-hydrogen) atoms. The van der Waals surface area contributed by atoms with Crippen LogP contribution in [-0.4, -0.2) is 70.5 Å². The fraction of sp³-hybridized carbons (Fsp3) is 0.464. The van der Waals surface area contributed by atoms with Crippen molar-refractivity contribution in [3.63, 3.8) is 0 Å². The van der Waals surface area contributed by atoms with Gasteiger partial charge >= 0.3 is 6.09 Å². The van der Waals surface area contributed by atoms with Crippen molar-refractivity contribution in [1.82, 2.24) is 19.6 Å². The lowest BCUT2D eigenvalue weighted by atomic mass is 10.00. The predicted octanol–water partition coefficient (Wildman–Crippen LogP) is 4.87. The number of nitrogens with two attached hydrogens (primary N) is 1. The second-order valence-corrected chi connectivity index (χ2v) is 11.0. The molecule has 3 N–H and O–H groups in total. The highest BCUT2D eigenvalue weighted by Gasteiger charge is 2.29. The number of nitrogens with one attached hydrogen (secondary N) is 1. The molecule has 0 radical (unpaired) electrons. The maximum atomic E-state index is 15.6. The fourth-order valence-corrected chi connectivity index (χ4v) is 4.78. The van der Waals surface area contributed by atoms with E-state index in [0.29, 0.717) is 31.5 Å². The van der Waals surface area contributed by atoms with Gasteiger partial charge < -0.3 is 20.3 Å². The van der Waals surface area contributed by atoms with E-state index in [-0.39, 0.29) is 29.5 Å². The quantitative estimate of drug-likeness (QED) is 0.191. The Morgan fingerprint density at radius 1 is 1.20 bits per heavy atom. The van der Waals surface area contributed by atoms with Crippen LogP contribution in [0.5, 0.6) is 0 Å². The number of hydrogen-bond acceptors (Lipinski definition) is 7. The van der Waals surface area contributed by atoms with E-state index in [2.05, 4.69) is 15.6 Å². The molecule has 1 amide bonds. The van der Waals surface area contributed by atoms with Gasteiger partial charge in [0.25, 0.3) is 0 Å². The summed E-state index contributed by atoms with van der Waals surface area (Å²) in [4.78, 5) is 30.0. The maximum Gasteiger partial charge on any atom is 0.410 e. The minimum atomic E-state index is -0.584. The number of fused-ring (bicyclic) bond motifs is 1. The zero-order valence-corrected chi connectivity index (χ0v) is 24.1. The number of benzene rings is 2. The lowest BCUT2D eigenvalue weighted by molar-refractivity contribution is -0.248. The van der Waals surface area contributed by atoms with Crippen LogP contribution in [0.1, 0.15) is 39.2 Å². The van der Waals surface area contributed by atoms with Crippen LogP contribution in [0.4, 0.5) is 20.6 Å². The summed E-state index contributed by atoms with van der Waals surface area (Å²) >= 11 is 0. The second kappa shape index (κ2) is 11.7. The first kappa shape index (κ1) is 29.1. The number of hydrogen-bond donors (Lipinski definition) is 2. The third kappa shape index (κ3) is 6.62. The van der Waals surface area contributed by atoms with Crippen LogP contribution in [0.25, 0.3) is 22.0 Å². The smallest absolute Gasteiger partial charge is 0.410 e. The lowest BCUT2D eigenvalue weighted by Gasteiger charge is -2.37. The SMILES string of the molecule is COONc1cc(-c2cc(C)c3nn(C)cc3c2)cc(F)c1N=C(N)N(C)C1CCN(C(=O)OC(C)(C)C)CC1. The van der Waals surface area contributed by atoms with Gasteiger partial charge in [0.15, 0.2) is 11.8 Å². The van der Waals surface area contributed by atoms with Crippen LogP contribution in [0.15, 0.2) is 35.5 Å². The van der Waals surface area contributed by atoms with E-state index >= 15 is 4.39 Å². The summed E-state index contributed by atoms with van der Waals surface area (Å²) in [6.07, 6.45) is 2.93. The number of piperidine rings is 1. The Morgan fingerprint density at radius 3 is 2.52 bits per heavy atom. The van der Waals surface area contributed by atoms with Gasteiger partial charge in [-0.05, 0) is 81.5 Å². The molecule has 2 heterocycles. The Kier molecular flexibility index (Phi) is 8.50. The number of carbonyl (C=O) groups is 1. The number of nitrogens with zero attached hydrogens (tertiary/aromatic N) is 5. The van der Waals surface area contributed by atoms with E-state index < -0.39 is 11.4 Å². The van der Waals surface area contributed by atoms with Crippen LogP contribution in [-0.2, 0) is 21.7 Å². The summed E-state index contributed by atoms with van der Waals surface area (Å²) in [5.74, 6) is -0.449. The van der Waals surface area contributed by atoms with E-state index in [0.717, 1.165) is 22.0 Å². The maximum absolute atomic E-state index is 15.6. The number of aliphatic imine (C=N–C) groups is 1. The van der Waals surface area contributed by atoms with E-state index in [1.807, 2.05) is 60.1 Å². The molecular formula is C28H38FN7O4. The zero-order chi connectivity index (χ0) is 29.2. The highest BCUT2D eigenvalue weighted by atomic mass is 19.1. The summed E-state index contributed by atoms with van der Waals surface area (Å²) in [5, 5.41) is 5.43. The second-order valence-electron chi connectivity index (χ2n) is 11.0. The first-order valence-corrected chi connectivity index (χ1v) is 13.1. The monoisotopic (exact) mass is 555 g/mol. The molecule has 0 spiro atoms. The van der Waals surface area contributed by atoms with Crippen molar-refractivity contribution in [3.05, 3.63) is 41.8 Å². The summed E-state index contributed by atoms with van der Waals surface area (Å²) in [7, 11) is 5.01. The van der Waals surface area contributed by atoms with Crippen LogP contribution in [0.2, 0.25) is 0 Å². The van der Waals surface area contributed by atoms with Crippen molar-refractivity contribution in [2.45, 2.75) is 52.2 Å². The van der Waals surface area contributed by atoms with Crippen molar-refractivity contribution in [3.8, 4) is 11.1 Å². The molecule has 2 aromatic carbocycles. The minimum absolute atomic E-state index is 0.0180. The van der Waals surface area contributed by atoms with E-state index in [9.17, 15) is 4.79 Å². The molecule has 1 aliphatic heterocycles. The average Bonchev–Trinajstić information content (AvgIpc) is 3.28. The van der Waals surface area contributed by atoms with Gasteiger partial charge in [-0.2, -0.15) is 5.10 Å². The molecule has 0 aliphatic carbocycles. The Labute approximate surface area is 233 Å². The molecule has 3 aromatic rings. The number of amides is 1. The molecule has 1 aliphatic rings. The standard InChI is InChI=1S/C28H38FN7O4/c1-17-12-18(13-20-16-34(5)32-24(17)20)19-14-22(29)25(23(15-19)33-40-38-7)31-26(30)35(6)21-8-10-36(11-9-21)27(37)39-28(2,3)4/h12-16,21,33H,8-11H2,1-7H3,(H2,30,31). The molecule has 0 atom stereocenters. The molecule has 11 nitrogen and oxygen atoms in total. The van der Waals surface area contributed by atoms with Gasteiger partial charge in [0.1, 0.15) is 11.3 Å². The van der Waals surface area contributed by atoms with Gasteiger partial charge in [0, 0.05) is 44.8 Å². The van der Waals surface area contributed by atoms with Crippen molar-refractivity contribution in [2.75, 3.05) is 32.7 Å². The van der Waals surface area contributed by atoms with Crippen molar-refractivity contribution >= 4 is 34.3 Å². The summed E-state index contributed by atoms with van der Waals surface area (Å²) in [5.41, 5.74) is 11.9. The van der Waals surface area contributed by atoms with Gasteiger partial charge in [0.2, 0.25) is 0 Å². The number of aryl methyl sites for hydroxylation is 2. The molecule has 216 valence electrons. The third-order valence-corrected chi connectivity index (χ3v) is 6.80. The Hall–Kier alpha value is -3.90. The largest absolute Gasteiger partial charge is 0.444 e. The molecule has 0 saturated carbocycles. The number of anilines is 1. The number of halogens is 1. The molecule has 1 fully saturated rings. The first-order chi connectivity index (χ1) is 18.9. The summed E-state index contributed by atoms with van der Waals surface area (Å²) < 4.78 is 22.8. The first-order valence-electron chi connectivity index (χ1n) is 13.1. The predicted molar refractivity (Wildman–Crippen MR) is 152 cm³/mol. The highest BCUT2D eigenvalue weighted by Crippen LogP contribution is 2.36. The van der Waals surface area contributed by atoms with E-state index in [4.69, 9.17) is 20.3 Å². The van der Waals surface area contributed by atoms with Crippen molar-refractivity contribution in [2.24, 2.45) is 17.8 Å². The molecule has 12 heteroatoms. The third-order valence-electron chi connectivity index (χ3n) is 6.80. The summed E-state index contributed by atoms with van der Waals surface area (Å²) in [6.45, 7) is 8.54. The number of rotatable bonds is 6. The number of carbonyl (C=O) groups excluding carboxylic acids is 1. The topological polar surface area (TPSA) is 119 Å². The molecule has 0 bridgehead atoms. The molecule has 1 aromatic heterocycles. The normalized spacial score (nSPS) is 15.0. The zero-order valence-electron chi connectivity index (χ0n) is 24.1. The van der Waals surface area contributed by atoms with Crippen molar-refractivity contribution < 1.29 is 23.8 Å². The van der Waals surface area contributed by atoms with E-state index in [1.54, 1.807) is 20.5 Å². The lowest BCUT2D eigenvalue weighted by Crippen LogP contribution is -2.50. The van der Waals surface area contributed by atoms with Gasteiger partial charge in [-0.15, -0.1) is 4.99 Å². The van der Waals surface area contributed by atoms with Gasteiger partial charge in [-0.1, -0.05) is 0 Å². The van der Waals surface area contributed by atoms with Crippen LogP contribution >= 0.6 is 0 Å². The molecular weight excluding hydrogens is 517 g/mol. The number of ether oxygens (including phenoxy) is 1. The van der Waals surface area contributed by atoms with Gasteiger partial charge in [0.05, 0.1) is 18.3 Å². The summed E-state index contributed by atoms with van der Waals surface area (Å²) in [6, 6.07) is 7.08. The van der Waals surface area contributed by atoms with Crippen LogP contribution in [0, 0.1) is 12.7 Å². The number of guanidine groups is 1. The van der Waals surface area contributed by atoms with Gasteiger partial charge in [-0.3, -0.25) is 4.68 Å². The Morgan fingerprint density at radius 2 is 1.88 bits per heavy atom. The molecule has 1 saturated heterocycles. The molecule has 4 rings (SSSR count). The van der Waals surface area contributed by atoms with Crippen molar-refractivity contribution in [1.29, 1.82) is 0 Å². The molecule has 0 unspecified atom stereocenters. The minimum Gasteiger partial charge on any atom is -0.444 e. The number of likely N-dealkylation sites (tertiary alicyclic amines) is 1. The number of aromatic nitrogens is 2. The fourth-order valence-electron chi connectivity index (χ4n) is 4.78. The highest BCUT2D eigenvalue weighted by molar-refractivity contribution is 5.89. The van der Waals surface area contributed by atoms with Gasteiger partial charge in [-0.25, -0.2) is 24.5 Å². The van der Waals surface area contributed by atoms with Crippen LogP contribution < -0.4 is 11.2 Å².